The lowest BCUT2D eigenvalue weighted by molar-refractivity contribution is -0.137. The van der Waals surface area contributed by atoms with E-state index in [2.05, 4.69) is 0 Å². The zero-order valence-corrected chi connectivity index (χ0v) is 17.3. The second-order valence-corrected chi connectivity index (χ2v) is 9.58. The molecule has 0 aromatic heterocycles. The number of hydrogen-bond acceptors (Lipinski definition) is 3. The summed E-state index contributed by atoms with van der Waals surface area (Å²) in [6.07, 6.45) is 11.1. The van der Waals surface area contributed by atoms with Gasteiger partial charge in [0.2, 0.25) is 0 Å². The number of Topliss-reactive ketones (excluding diaryl/α,β-unsaturated/α-hetero) is 2. The topological polar surface area (TPSA) is 54.4 Å². The molecule has 3 nitrogen and oxygen atoms in total. The summed E-state index contributed by atoms with van der Waals surface area (Å²) < 4.78 is 13.8. The Morgan fingerprint density at radius 3 is 2.55 bits per heavy atom. The zero-order valence-electron chi connectivity index (χ0n) is 17.3. The van der Waals surface area contributed by atoms with E-state index in [0.717, 1.165) is 32.1 Å². The van der Waals surface area contributed by atoms with E-state index < -0.39 is 5.41 Å². The van der Waals surface area contributed by atoms with Gasteiger partial charge in [0.1, 0.15) is 17.4 Å². The number of benzene rings is 1. The lowest BCUT2D eigenvalue weighted by Crippen LogP contribution is -2.31. The van der Waals surface area contributed by atoms with E-state index in [1.807, 2.05) is 6.07 Å². The molecule has 3 fully saturated rings. The fraction of sp³-hybridized carbons (Fsp3) is 0.680. The molecule has 3 aliphatic rings. The Kier molecular flexibility index (Phi) is 6.19. The van der Waals surface area contributed by atoms with Gasteiger partial charge in [-0.05, 0) is 92.9 Å². The first-order chi connectivity index (χ1) is 14.0. The second kappa shape index (κ2) is 8.67. The van der Waals surface area contributed by atoms with Crippen molar-refractivity contribution in [3.8, 4) is 0 Å². The summed E-state index contributed by atoms with van der Waals surface area (Å²) in [5, 5.41) is 9.06. The Balaban J connectivity index is 1.34. The molecule has 0 amide bonds. The Morgan fingerprint density at radius 2 is 1.86 bits per heavy atom. The normalized spacial score (nSPS) is 26.0. The number of aliphatic hydroxyl groups is 1. The molecule has 0 saturated heterocycles. The third-order valence-electron chi connectivity index (χ3n) is 7.73. The molecule has 3 saturated carbocycles. The van der Waals surface area contributed by atoms with Crippen LogP contribution in [-0.2, 0) is 16.0 Å². The monoisotopic (exact) mass is 400 g/mol. The van der Waals surface area contributed by atoms with Gasteiger partial charge in [-0.15, -0.1) is 0 Å². The van der Waals surface area contributed by atoms with E-state index in [-0.39, 0.29) is 36.3 Å². The van der Waals surface area contributed by atoms with Crippen LogP contribution in [0, 0.1) is 23.1 Å². The van der Waals surface area contributed by atoms with E-state index in [0.29, 0.717) is 24.7 Å². The molecule has 1 aromatic carbocycles. The first-order valence-electron chi connectivity index (χ1n) is 11.5. The molecule has 3 aliphatic carbocycles. The molecule has 4 rings (SSSR count). The zero-order chi connectivity index (χ0) is 20.4. The quantitative estimate of drug-likeness (QED) is 0.585. The maximum absolute atomic E-state index is 13.8. The fourth-order valence-corrected chi connectivity index (χ4v) is 5.86. The SMILES string of the molecule is O=C(CCO)C1(C(=O)C2CCC(CCc3ccc(F)cc3C3CCCC3)C2)CC1. The van der Waals surface area contributed by atoms with Crippen LogP contribution >= 0.6 is 0 Å². The van der Waals surface area contributed by atoms with Crippen molar-refractivity contribution in [2.75, 3.05) is 6.61 Å². The summed E-state index contributed by atoms with van der Waals surface area (Å²) in [4.78, 5) is 25.3. The molecule has 158 valence electrons. The van der Waals surface area contributed by atoms with Crippen molar-refractivity contribution in [1.29, 1.82) is 0 Å². The Hall–Kier alpha value is -1.55. The molecule has 29 heavy (non-hydrogen) atoms. The van der Waals surface area contributed by atoms with Crippen molar-refractivity contribution in [2.24, 2.45) is 17.3 Å². The first kappa shape index (κ1) is 20.7. The van der Waals surface area contributed by atoms with Gasteiger partial charge >= 0.3 is 0 Å². The number of aliphatic hydroxyl groups excluding tert-OH is 1. The molecule has 4 heteroatoms. The average Bonchev–Trinajstić information content (AvgIpc) is 3.13. The van der Waals surface area contributed by atoms with Crippen molar-refractivity contribution < 1.29 is 19.1 Å². The molecule has 0 bridgehead atoms. The maximum atomic E-state index is 13.8. The molecule has 2 unspecified atom stereocenters. The summed E-state index contributed by atoms with van der Waals surface area (Å²) in [5.74, 6) is 0.977. The van der Waals surface area contributed by atoms with Crippen LogP contribution in [0.15, 0.2) is 18.2 Å². The summed E-state index contributed by atoms with van der Waals surface area (Å²) in [6.45, 7) is -0.165. The minimum absolute atomic E-state index is 0.00710. The second-order valence-electron chi connectivity index (χ2n) is 9.58. The minimum atomic E-state index is -0.755. The summed E-state index contributed by atoms with van der Waals surface area (Å²) in [7, 11) is 0. The highest BCUT2D eigenvalue weighted by molar-refractivity contribution is 6.10. The van der Waals surface area contributed by atoms with Crippen molar-refractivity contribution in [3.05, 3.63) is 35.1 Å². The van der Waals surface area contributed by atoms with E-state index in [1.165, 1.54) is 36.8 Å². The van der Waals surface area contributed by atoms with Crippen molar-refractivity contribution in [3.63, 3.8) is 0 Å². The first-order valence-corrected chi connectivity index (χ1v) is 11.5. The van der Waals surface area contributed by atoms with Gasteiger partial charge in [0.25, 0.3) is 0 Å². The van der Waals surface area contributed by atoms with Crippen LogP contribution in [0.1, 0.15) is 87.7 Å². The van der Waals surface area contributed by atoms with Gasteiger partial charge in [0, 0.05) is 18.9 Å². The summed E-state index contributed by atoms with van der Waals surface area (Å²) in [6, 6.07) is 5.29. The third-order valence-corrected chi connectivity index (χ3v) is 7.73. The molecule has 1 aromatic rings. The number of ketones is 2. The van der Waals surface area contributed by atoms with Crippen molar-refractivity contribution in [1.82, 2.24) is 0 Å². The number of halogens is 1. The third kappa shape index (κ3) is 4.33. The van der Waals surface area contributed by atoms with Crippen molar-refractivity contribution in [2.45, 2.75) is 83.0 Å². The largest absolute Gasteiger partial charge is 0.396 e. The van der Waals surface area contributed by atoms with Gasteiger partial charge in [0.05, 0.1) is 5.41 Å². The number of hydrogen-bond donors (Lipinski definition) is 1. The molecular formula is C25H33FO3. The van der Waals surface area contributed by atoms with Crippen LogP contribution in [0.25, 0.3) is 0 Å². The number of rotatable bonds is 9. The van der Waals surface area contributed by atoms with E-state index in [4.69, 9.17) is 5.11 Å². The molecule has 0 spiro atoms. The molecule has 0 heterocycles. The standard InChI is InChI=1S/C25H33FO3/c26-21-10-9-19(22(16-21)18-3-1-2-4-18)7-5-17-6-8-20(15-17)24(29)25(12-13-25)23(28)11-14-27/h9-10,16-18,20,27H,1-8,11-15H2. The lowest BCUT2D eigenvalue weighted by Gasteiger charge is -2.19. The van der Waals surface area contributed by atoms with Gasteiger partial charge in [-0.1, -0.05) is 18.9 Å². The van der Waals surface area contributed by atoms with Crippen LogP contribution in [0.5, 0.6) is 0 Å². The number of carbonyl (C=O) groups excluding carboxylic acids is 2. The van der Waals surface area contributed by atoms with Crippen molar-refractivity contribution >= 4 is 11.6 Å². The molecule has 0 aliphatic heterocycles. The van der Waals surface area contributed by atoms with Crippen LogP contribution in [0.3, 0.4) is 0 Å². The molecule has 1 N–H and O–H groups in total. The molecule has 0 radical (unpaired) electrons. The van der Waals surface area contributed by atoms with Crippen LogP contribution in [0.4, 0.5) is 4.39 Å². The highest BCUT2D eigenvalue weighted by Gasteiger charge is 2.57. The van der Waals surface area contributed by atoms with Gasteiger partial charge in [-0.3, -0.25) is 9.59 Å². The highest BCUT2D eigenvalue weighted by atomic mass is 19.1. The van der Waals surface area contributed by atoms with Crippen LogP contribution in [0.2, 0.25) is 0 Å². The molecular weight excluding hydrogens is 367 g/mol. The molecule has 2 atom stereocenters. The van der Waals surface area contributed by atoms with Crippen LogP contribution in [-0.4, -0.2) is 23.3 Å². The van der Waals surface area contributed by atoms with Gasteiger partial charge in [-0.25, -0.2) is 4.39 Å². The summed E-state index contributed by atoms with van der Waals surface area (Å²) >= 11 is 0. The van der Waals surface area contributed by atoms with E-state index >= 15 is 0 Å². The lowest BCUT2D eigenvalue weighted by atomic mass is 9.84. The predicted octanol–water partition coefficient (Wildman–Crippen LogP) is 5.13. The van der Waals surface area contributed by atoms with Gasteiger partial charge < -0.3 is 5.11 Å². The smallest absolute Gasteiger partial charge is 0.149 e. The predicted molar refractivity (Wildman–Crippen MR) is 110 cm³/mol. The van der Waals surface area contributed by atoms with E-state index in [9.17, 15) is 14.0 Å². The van der Waals surface area contributed by atoms with Gasteiger partial charge in [0.15, 0.2) is 0 Å². The Morgan fingerprint density at radius 1 is 1.10 bits per heavy atom. The fourth-order valence-electron chi connectivity index (χ4n) is 5.86. The number of carbonyl (C=O) groups is 2. The number of aryl methyl sites for hydroxylation is 1. The van der Waals surface area contributed by atoms with Gasteiger partial charge in [-0.2, -0.15) is 0 Å². The highest BCUT2D eigenvalue weighted by Crippen LogP contribution is 2.52. The average molecular weight is 401 g/mol. The maximum Gasteiger partial charge on any atom is 0.149 e. The van der Waals surface area contributed by atoms with Crippen LogP contribution < -0.4 is 0 Å². The van der Waals surface area contributed by atoms with E-state index in [1.54, 1.807) is 12.1 Å². The Bertz CT molecular complexity index is 761. The Labute approximate surface area is 173 Å². The summed E-state index contributed by atoms with van der Waals surface area (Å²) in [5.41, 5.74) is 1.74. The minimum Gasteiger partial charge on any atom is -0.396 e.